The van der Waals surface area contributed by atoms with Gasteiger partial charge in [-0.15, -0.1) is 0 Å². The van der Waals surface area contributed by atoms with E-state index >= 15 is 0 Å². The van der Waals surface area contributed by atoms with Gasteiger partial charge in [0.15, 0.2) is 0 Å². The molecule has 0 saturated heterocycles. The van der Waals surface area contributed by atoms with Gasteiger partial charge in [0.05, 0.1) is 11.3 Å². The van der Waals surface area contributed by atoms with Gasteiger partial charge in [0, 0.05) is 5.92 Å². The molecule has 0 bridgehead atoms. The fraction of sp³-hybridized carbons (Fsp3) is 0.312. The van der Waals surface area contributed by atoms with Gasteiger partial charge in [0.1, 0.15) is 6.07 Å². The Morgan fingerprint density at radius 2 is 1.94 bits per heavy atom. The maximum Gasteiger partial charge on any atom is 0.101 e. The van der Waals surface area contributed by atoms with Crippen molar-refractivity contribution in [3.8, 4) is 6.07 Å². The number of hydrogen-bond donors (Lipinski definition) is 1. The van der Waals surface area contributed by atoms with Gasteiger partial charge in [-0.3, -0.25) is 0 Å². The number of nitriles is 1. The van der Waals surface area contributed by atoms with Crippen LogP contribution in [-0.2, 0) is 0 Å². The molecule has 2 heteroatoms. The summed E-state index contributed by atoms with van der Waals surface area (Å²) in [7, 11) is 0. The van der Waals surface area contributed by atoms with Crippen LogP contribution in [0, 0.1) is 17.2 Å². The van der Waals surface area contributed by atoms with E-state index < -0.39 is 0 Å². The molecular weight excluding hydrogens is 220 g/mol. The molecule has 1 unspecified atom stereocenters. The molecule has 3 rings (SSSR count). The zero-order chi connectivity index (χ0) is 12.5. The van der Waals surface area contributed by atoms with Gasteiger partial charge >= 0.3 is 0 Å². The first-order chi connectivity index (χ1) is 8.83. The third kappa shape index (κ3) is 1.55. The molecule has 90 valence electrons. The van der Waals surface area contributed by atoms with Crippen molar-refractivity contribution in [1.29, 1.82) is 5.26 Å². The molecular formula is C16H16N2. The molecule has 0 aromatic heterocycles. The number of hydrogen-bond acceptors (Lipinski definition) is 2. The molecule has 2 aliphatic carbocycles. The third-order valence-corrected chi connectivity index (χ3v) is 4.04. The summed E-state index contributed by atoms with van der Waals surface area (Å²) in [5.74, 6) is 0.385. The predicted molar refractivity (Wildman–Crippen MR) is 72.1 cm³/mol. The SMILES string of the molecule is N#CC1=C2CCCCC2C(c2ccccc2)=C1N. The first-order valence-corrected chi connectivity index (χ1v) is 6.51. The highest BCUT2D eigenvalue weighted by Gasteiger charge is 2.34. The lowest BCUT2D eigenvalue weighted by Gasteiger charge is -2.24. The molecule has 0 heterocycles. The highest BCUT2D eigenvalue weighted by molar-refractivity contribution is 5.82. The van der Waals surface area contributed by atoms with E-state index in [1.54, 1.807) is 0 Å². The average molecular weight is 236 g/mol. The fourth-order valence-electron chi connectivity index (χ4n) is 3.23. The Morgan fingerprint density at radius 3 is 2.67 bits per heavy atom. The van der Waals surface area contributed by atoms with E-state index in [2.05, 4.69) is 18.2 Å². The molecule has 0 amide bonds. The predicted octanol–water partition coefficient (Wildman–Crippen LogP) is 3.38. The van der Waals surface area contributed by atoms with E-state index in [0.717, 1.165) is 18.4 Å². The standard InChI is InChI=1S/C16H16N2/c17-10-14-12-8-4-5-9-13(12)15(16(14)18)11-6-2-1-3-7-11/h1-3,6-7,13H,4-5,8-9,18H2. The van der Waals surface area contributed by atoms with Gasteiger partial charge in [0.2, 0.25) is 0 Å². The Labute approximate surface area is 107 Å². The Morgan fingerprint density at radius 1 is 1.17 bits per heavy atom. The zero-order valence-electron chi connectivity index (χ0n) is 10.3. The van der Waals surface area contributed by atoms with Crippen LogP contribution in [0.1, 0.15) is 31.2 Å². The van der Waals surface area contributed by atoms with Gasteiger partial charge < -0.3 is 5.73 Å². The second kappa shape index (κ2) is 4.34. The summed E-state index contributed by atoms with van der Waals surface area (Å²) < 4.78 is 0. The Hall–Kier alpha value is -2.01. The highest BCUT2D eigenvalue weighted by atomic mass is 14.6. The van der Waals surface area contributed by atoms with E-state index in [0.29, 0.717) is 11.6 Å². The number of nitrogens with two attached hydrogens (primary N) is 1. The largest absolute Gasteiger partial charge is 0.397 e. The van der Waals surface area contributed by atoms with Gasteiger partial charge in [-0.1, -0.05) is 36.8 Å². The van der Waals surface area contributed by atoms with Crippen LogP contribution in [-0.4, -0.2) is 0 Å². The maximum absolute atomic E-state index is 9.32. The Bertz CT molecular complexity index is 573. The lowest BCUT2D eigenvalue weighted by Crippen LogP contribution is -2.09. The molecule has 1 fully saturated rings. The van der Waals surface area contributed by atoms with Crippen molar-refractivity contribution < 1.29 is 0 Å². The molecule has 1 aromatic rings. The van der Waals surface area contributed by atoms with E-state index in [1.165, 1.54) is 29.6 Å². The van der Waals surface area contributed by atoms with Crippen molar-refractivity contribution in [3.63, 3.8) is 0 Å². The summed E-state index contributed by atoms with van der Waals surface area (Å²) in [4.78, 5) is 0. The van der Waals surface area contributed by atoms with Gasteiger partial charge in [0.25, 0.3) is 0 Å². The van der Waals surface area contributed by atoms with E-state index in [-0.39, 0.29) is 0 Å². The average Bonchev–Trinajstić information content (AvgIpc) is 2.71. The van der Waals surface area contributed by atoms with E-state index in [9.17, 15) is 5.26 Å². The van der Waals surface area contributed by atoms with Crippen LogP contribution < -0.4 is 5.73 Å². The van der Waals surface area contributed by atoms with Gasteiger partial charge in [-0.05, 0) is 36.0 Å². The summed E-state index contributed by atoms with van der Waals surface area (Å²) in [6, 6.07) is 12.6. The lowest BCUT2D eigenvalue weighted by atomic mass is 9.80. The second-order valence-electron chi connectivity index (χ2n) is 5.00. The summed E-state index contributed by atoms with van der Waals surface area (Å²) in [6.45, 7) is 0. The van der Waals surface area contributed by atoms with Crippen LogP contribution in [0.3, 0.4) is 0 Å². The van der Waals surface area contributed by atoms with Gasteiger partial charge in [-0.2, -0.15) is 5.26 Å². The molecule has 18 heavy (non-hydrogen) atoms. The summed E-state index contributed by atoms with van der Waals surface area (Å²) in [6.07, 6.45) is 4.58. The molecule has 1 atom stereocenters. The monoisotopic (exact) mass is 236 g/mol. The number of rotatable bonds is 1. The van der Waals surface area contributed by atoms with Crippen molar-refractivity contribution in [1.82, 2.24) is 0 Å². The zero-order valence-corrected chi connectivity index (χ0v) is 10.3. The molecule has 0 aliphatic heterocycles. The fourth-order valence-corrected chi connectivity index (χ4v) is 3.23. The minimum absolute atomic E-state index is 0.385. The molecule has 2 nitrogen and oxygen atoms in total. The molecule has 0 radical (unpaired) electrons. The van der Waals surface area contributed by atoms with Crippen LogP contribution in [0.4, 0.5) is 0 Å². The topological polar surface area (TPSA) is 49.8 Å². The maximum atomic E-state index is 9.32. The van der Waals surface area contributed by atoms with Crippen molar-refractivity contribution >= 4 is 5.57 Å². The minimum Gasteiger partial charge on any atom is -0.397 e. The van der Waals surface area contributed by atoms with Crippen molar-refractivity contribution in [2.24, 2.45) is 11.7 Å². The number of benzene rings is 1. The Kier molecular flexibility index (Phi) is 2.68. The molecule has 2 aliphatic rings. The molecule has 1 aromatic carbocycles. The first kappa shape index (κ1) is 11.1. The number of allylic oxidation sites excluding steroid dienone is 3. The van der Waals surface area contributed by atoms with Crippen LogP contribution in [0.15, 0.2) is 47.2 Å². The molecule has 0 spiro atoms. The third-order valence-electron chi connectivity index (χ3n) is 4.04. The summed E-state index contributed by atoms with van der Waals surface area (Å²) in [5.41, 5.74) is 11.3. The normalized spacial score (nSPS) is 22.9. The molecule has 1 saturated carbocycles. The summed E-state index contributed by atoms with van der Waals surface area (Å²) in [5, 5.41) is 9.32. The lowest BCUT2D eigenvalue weighted by molar-refractivity contribution is 0.533. The van der Waals surface area contributed by atoms with Crippen LogP contribution >= 0.6 is 0 Å². The highest BCUT2D eigenvalue weighted by Crippen LogP contribution is 2.47. The van der Waals surface area contributed by atoms with Gasteiger partial charge in [-0.25, -0.2) is 0 Å². The minimum atomic E-state index is 0.385. The van der Waals surface area contributed by atoms with Crippen molar-refractivity contribution in [2.45, 2.75) is 25.7 Å². The van der Waals surface area contributed by atoms with Crippen molar-refractivity contribution in [3.05, 3.63) is 52.7 Å². The molecule has 2 N–H and O–H groups in total. The summed E-state index contributed by atoms with van der Waals surface area (Å²) >= 11 is 0. The number of fused-ring (bicyclic) bond motifs is 1. The van der Waals surface area contributed by atoms with Crippen molar-refractivity contribution in [2.75, 3.05) is 0 Å². The second-order valence-corrected chi connectivity index (χ2v) is 5.00. The number of nitrogens with zero attached hydrogens (tertiary/aromatic N) is 1. The smallest absolute Gasteiger partial charge is 0.101 e. The van der Waals surface area contributed by atoms with E-state index in [4.69, 9.17) is 5.73 Å². The van der Waals surface area contributed by atoms with E-state index in [1.807, 2.05) is 18.2 Å². The van der Waals surface area contributed by atoms with Crippen LogP contribution in [0.5, 0.6) is 0 Å². The first-order valence-electron chi connectivity index (χ1n) is 6.51. The quantitative estimate of drug-likeness (QED) is 0.812. The Balaban J connectivity index is 2.12. The van der Waals surface area contributed by atoms with Crippen LogP contribution in [0.2, 0.25) is 0 Å². The van der Waals surface area contributed by atoms with Crippen LogP contribution in [0.25, 0.3) is 5.57 Å².